The molecule has 0 spiro atoms. The molecule has 26 heavy (non-hydrogen) atoms. The summed E-state index contributed by atoms with van der Waals surface area (Å²) < 4.78 is 29.5. The molecule has 8 nitrogen and oxygen atoms in total. The van der Waals surface area contributed by atoms with E-state index in [1.54, 1.807) is 4.90 Å². The highest BCUT2D eigenvalue weighted by atomic mass is 32.2. The highest BCUT2D eigenvalue weighted by molar-refractivity contribution is 7.91. The molecule has 144 valence electrons. The molecule has 1 aromatic rings. The van der Waals surface area contributed by atoms with Crippen molar-refractivity contribution < 1.29 is 22.7 Å². The number of nitrogens with one attached hydrogen (secondary N) is 1. The van der Waals surface area contributed by atoms with Crippen LogP contribution in [-0.2, 0) is 14.6 Å². The molecule has 9 heteroatoms. The topological polar surface area (TPSA) is 119 Å². The smallest absolute Gasteiger partial charge is 0.255 e. The molecule has 0 radical (unpaired) electrons. The van der Waals surface area contributed by atoms with Gasteiger partial charge in [0.05, 0.1) is 29.0 Å². The number of rotatable bonds is 7. The number of likely N-dealkylation sites (N-methyl/N-ethyl adjacent to an activating group) is 1. The van der Waals surface area contributed by atoms with Crippen LogP contribution in [0.3, 0.4) is 0 Å². The molecule has 0 aromatic heterocycles. The van der Waals surface area contributed by atoms with E-state index < -0.39 is 15.7 Å². The molecule has 0 unspecified atom stereocenters. The van der Waals surface area contributed by atoms with Crippen molar-refractivity contribution in [3.8, 4) is 5.75 Å². The molecule has 1 aliphatic heterocycles. The summed E-state index contributed by atoms with van der Waals surface area (Å²) in [7, 11) is -2.19. The number of ether oxygens (including phenoxy) is 1. The number of sulfone groups is 1. The molecule has 2 amide bonds. The maximum atomic E-state index is 12.6. The number of carbonyl (C=O) groups is 2. The van der Waals surface area contributed by atoms with Gasteiger partial charge in [0, 0.05) is 31.6 Å². The summed E-state index contributed by atoms with van der Waals surface area (Å²) in [6.07, 6.45) is 1.15. The Bertz CT molecular complexity index is 807. The van der Waals surface area contributed by atoms with Crippen molar-refractivity contribution in [2.24, 2.45) is 0 Å². The first kappa shape index (κ1) is 20.0. The molecule has 1 fully saturated rings. The van der Waals surface area contributed by atoms with Crippen LogP contribution in [0.5, 0.6) is 5.75 Å². The number of amides is 2. The Morgan fingerprint density at radius 2 is 2.08 bits per heavy atom. The lowest BCUT2D eigenvalue weighted by molar-refractivity contribution is -0.128. The standard InChI is InChI=1S/C17H25N3O5S/c1-4-20-11(6-7-16(20)21)10-19-17(22)12-8-15(26(23,24)5-2)13(18)9-14(12)25-3/h8-9,11H,4-7,10,18H2,1-3H3,(H,19,22)/t11-/m1/s1. The summed E-state index contributed by atoms with van der Waals surface area (Å²) in [5, 5.41) is 2.77. The van der Waals surface area contributed by atoms with E-state index in [9.17, 15) is 18.0 Å². The Kier molecular flexibility index (Phi) is 6.12. The van der Waals surface area contributed by atoms with Gasteiger partial charge < -0.3 is 20.7 Å². The van der Waals surface area contributed by atoms with E-state index >= 15 is 0 Å². The Labute approximate surface area is 153 Å². The van der Waals surface area contributed by atoms with Crippen molar-refractivity contribution in [3.05, 3.63) is 17.7 Å². The van der Waals surface area contributed by atoms with Gasteiger partial charge in [-0.25, -0.2) is 8.42 Å². The molecule has 0 saturated carbocycles. The number of benzene rings is 1. The van der Waals surface area contributed by atoms with Crippen molar-refractivity contribution >= 4 is 27.3 Å². The predicted molar refractivity (Wildman–Crippen MR) is 97.9 cm³/mol. The maximum absolute atomic E-state index is 12.6. The van der Waals surface area contributed by atoms with Crippen LogP contribution in [0.2, 0.25) is 0 Å². The highest BCUT2D eigenvalue weighted by Crippen LogP contribution is 2.29. The van der Waals surface area contributed by atoms with E-state index in [1.165, 1.54) is 26.2 Å². The molecule has 0 bridgehead atoms. The van der Waals surface area contributed by atoms with Crippen LogP contribution in [0.15, 0.2) is 17.0 Å². The molecule has 3 N–H and O–H groups in total. The third-order valence-corrected chi connectivity index (χ3v) is 6.37. The van der Waals surface area contributed by atoms with Crippen molar-refractivity contribution in [1.82, 2.24) is 10.2 Å². The molecule has 1 heterocycles. The lowest BCUT2D eigenvalue weighted by Crippen LogP contribution is -2.41. The molecule has 0 aliphatic carbocycles. The number of carbonyl (C=O) groups excluding carboxylic acids is 2. The average Bonchev–Trinajstić information content (AvgIpc) is 2.98. The van der Waals surface area contributed by atoms with Crippen LogP contribution >= 0.6 is 0 Å². The summed E-state index contributed by atoms with van der Waals surface area (Å²) in [6, 6.07) is 2.53. The minimum Gasteiger partial charge on any atom is -0.496 e. The summed E-state index contributed by atoms with van der Waals surface area (Å²) in [5.74, 6) is -0.317. The first-order chi connectivity index (χ1) is 12.2. The Morgan fingerprint density at radius 3 is 2.65 bits per heavy atom. The fourth-order valence-electron chi connectivity index (χ4n) is 3.09. The zero-order valence-corrected chi connectivity index (χ0v) is 16.1. The second-order valence-corrected chi connectivity index (χ2v) is 8.32. The Balaban J connectivity index is 2.25. The molecular weight excluding hydrogens is 358 g/mol. The van der Waals surface area contributed by atoms with Crippen molar-refractivity contribution in [2.75, 3.05) is 31.7 Å². The number of nitrogen functional groups attached to an aromatic ring is 1. The fraction of sp³-hybridized carbons (Fsp3) is 0.529. The van der Waals surface area contributed by atoms with Gasteiger partial charge in [0.25, 0.3) is 5.91 Å². The lowest BCUT2D eigenvalue weighted by atomic mass is 10.1. The number of anilines is 1. The number of nitrogens with zero attached hydrogens (tertiary/aromatic N) is 1. The number of methoxy groups -OCH3 is 1. The monoisotopic (exact) mass is 383 g/mol. The summed E-state index contributed by atoms with van der Waals surface area (Å²) in [6.45, 7) is 4.28. The molecule has 1 aliphatic rings. The molecule has 1 aromatic carbocycles. The minimum absolute atomic E-state index is 0.0406. The number of hydrogen-bond donors (Lipinski definition) is 2. The van der Waals surface area contributed by atoms with E-state index in [4.69, 9.17) is 10.5 Å². The zero-order chi connectivity index (χ0) is 19.5. The van der Waals surface area contributed by atoms with Gasteiger partial charge in [0.1, 0.15) is 5.75 Å². The maximum Gasteiger partial charge on any atom is 0.255 e. The molecule has 1 saturated heterocycles. The normalized spacial score (nSPS) is 17.4. The fourth-order valence-corrected chi connectivity index (χ4v) is 4.12. The number of likely N-dealkylation sites (tertiary alicyclic amines) is 1. The van der Waals surface area contributed by atoms with Crippen molar-refractivity contribution in [2.45, 2.75) is 37.6 Å². The first-order valence-electron chi connectivity index (χ1n) is 8.53. The van der Waals surface area contributed by atoms with Crippen LogP contribution in [0.1, 0.15) is 37.0 Å². The van der Waals surface area contributed by atoms with E-state index in [1.807, 2.05) is 6.92 Å². The Morgan fingerprint density at radius 1 is 1.38 bits per heavy atom. The summed E-state index contributed by atoms with van der Waals surface area (Å²) >= 11 is 0. The van der Waals surface area contributed by atoms with Gasteiger partial charge in [-0.1, -0.05) is 6.92 Å². The first-order valence-corrected chi connectivity index (χ1v) is 10.2. The van der Waals surface area contributed by atoms with Gasteiger partial charge in [-0.2, -0.15) is 0 Å². The van der Waals surface area contributed by atoms with Crippen LogP contribution in [0.25, 0.3) is 0 Å². The van der Waals surface area contributed by atoms with E-state index in [2.05, 4.69) is 5.32 Å². The van der Waals surface area contributed by atoms with Gasteiger partial charge >= 0.3 is 0 Å². The van der Waals surface area contributed by atoms with Crippen LogP contribution in [0.4, 0.5) is 5.69 Å². The largest absolute Gasteiger partial charge is 0.496 e. The molecule has 1 atom stereocenters. The second-order valence-electron chi connectivity index (χ2n) is 6.08. The summed E-state index contributed by atoms with van der Waals surface area (Å²) in [4.78, 5) is 26.0. The van der Waals surface area contributed by atoms with E-state index in [0.29, 0.717) is 25.9 Å². The molecule has 2 rings (SSSR count). The van der Waals surface area contributed by atoms with Crippen molar-refractivity contribution in [1.29, 1.82) is 0 Å². The third kappa shape index (κ3) is 3.92. The second kappa shape index (κ2) is 7.94. The average molecular weight is 383 g/mol. The zero-order valence-electron chi connectivity index (χ0n) is 15.2. The highest BCUT2D eigenvalue weighted by Gasteiger charge is 2.30. The summed E-state index contributed by atoms with van der Waals surface area (Å²) in [5.41, 5.74) is 5.96. The van der Waals surface area contributed by atoms with Gasteiger partial charge in [-0.3, -0.25) is 9.59 Å². The van der Waals surface area contributed by atoms with Gasteiger partial charge in [-0.15, -0.1) is 0 Å². The lowest BCUT2D eigenvalue weighted by Gasteiger charge is -2.23. The SMILES string of the molecule is CCN1C(=O)CC[C@@H]1CNC(=O)c1cc(S(=O)(=O)CC)c(N)cc1OC. The quantitative estimate of drug-likeness (QED) is 0.673. The predicted octanol–water partition coefficient (Wildman–Crippen LogP) is 0.812. The van der Waals surface area contributed by atoms with Gasteiger partial charge in [0.2, 0.25) is 5.91 Å². The minimum atomic E-state index is -3.57. The van der Waals surface area contributed by atoms with Crippen LogP contribution in [-0.4, -0.2) is 57.1 Å². The Hall–Kier alpha value is -2.29. The molecular formula is C17H25N3O5S. The number of hydrogen-bond acceptors (Lipinski definition) is 6. The third-order valence-electron chi connectivity index (χ3n) is 4.58. The van der Waals surface area contributed by atoms with E-state index in [0.717, 1.165) is 0 Å². The van der Waals surface area contributed by atoms with Crippen molar-refractivity contribution in [3.63, 3.8) is 0 Å². The van der Waals surface area contributed by atoms with Crippen LogP contribution in [0, 0.1) is 0 Å². The van der Waals surface area contributed by atoms with Gasteiger partial charge in [-0.05, 0) is 19.4 Å². The van der Waals surface area contributed by atoms with Gasteiger partial charge in [0.15, 0.2) is 9.84 Å². The number of nitrogens with two attached hydrogens (primary N) is 1. The van der Waals surface area contributed by atoms with E-state index in [-0.39, 0.29) is 39.6 Å². The van der Waals surface area contributed by atoms with Crippen LogP contribution < -0.4 is 15.8 Å².